The highest BCUT2D eigenvalue weighted by Gasteiger charge is 2.28. The Morgan fingerprint density at radius 2 is 1.88 bits per heavy atom. The van der Waals surface area contributed by atoms with E-state index in [1.54, 1.807) is 12.5 Å². The number of hydrogen-bond donors (Lipinski definition) is 0. The van der Waals surface area contributed by atoms with Crippen molar-refractivity contribution in [1.82, 2.24) is 14.5 Å². The third kappa shape index (κ3) is 2.67. The van der Waals surface area contributed by atoms with Crippen LogP contribution in [0.3, 0.4) is 0 Å². The predicted octanol–water partition coefficient (Wildman–Crippen LogP) is 3.38. The fourth-order valence-corrected chi connectivity index (χ4v) is 3.77. The lowest BCUT2D eigenvalue weighted by molar-refractivity contribution is 0.171. The summed E-state index contributed by atoms with van der Waals surface area (Å²) in [5, 5.41) is 0. The molecule has 1 fully saturated rings. The van der Waals surface area contributed by atoms with Gasteiger partial charge in [-0.05, 0) is 42.7 Å². The van der Waals surface area contributed by atoms with E-state index in [0.717, 1.165) is 42.5 Å². The van der Waals surface area contributed by atoms with Gasteiger partial charge in [0.2, 0.25) is 0 Å². The van der Waals surface area contributed by atoms with Crippen LogP contribution in [-0.4, -0.2) is 34.3 Å². The van der Waals surface area contributed by atoms with Crippen LogP contribution >= 0.6 is 0 Å². The maximum absolute atomic E-state index is 5.76. The van der Waals surface area contributed by atoms with Gasteiger partial charge in [0.1, 0.15) is 31.2 Å². The first kappa shape index (κ1) is 15.3. The minimum absolute atomic E-state index is 0.302. The van der Waals surface area contributed by atoms with Crippen LogP contribution in [-0.2, 0) is 0 Å². The molecule has 0 spiro atoms. The number of pyridine rings is 1. The molecular formula is C20H20N4O2. The van der Waals surface area contributed by atoms with Gasteiger partial charge >= 0.3 is 0 Å². The first-order valence-electron chi connectivity index (χ1n) is 9.00. The summed E-state index contributed by atoms with van der Waals surface area (Å²) in [5.74, 6) is 3.56. The molecule has 132 valence electrons. The van der Waals surface area contributed by atoms with Gasteiger partial charge in [-0.2, -0.15) is 0 Å². The molecule has 1 aromatic carbocycles. The molecule has 0 N–H and O–H groups in total. The number of benzene rings is 1. The second-order valence-corrected chi connectivity index (χ2v) is 6.58. The molecule has 1 atom stereocenters. The Bertz CT molecular complexity index is 910. The van der Waals surface area contributed by atoms with Crippen molar-refractivity contribution in [3.63, 3.8) is 0 Å². The van der Waals surface area contributed by atoms with Crippen molar-refractivity contribution in [3.8, 4) is 17.3 Å². The molecule has 0 saturated carbocycles. The smallest absolute Gasteiger partial charge is 0.161 e. The molecule has 4 heterocycles. The highest BCUT2D eigenvalue weighted by Crippen LogP contribution is 2.39. The van der Waals surface area contributed by atoms with Crippen molar-refractivity contribution in [2.24, 2.45) is 0 Å². The van der Waals surface area contributed by atoms with Crippen LogP contribution in [0.5, 0.6) is 11.5 Å². The minimum atomic E-state index is 0.302. The van der Waals surface area contributed by atoms with Crippen molar-refractivity contribution in [3.05, 3.63) is 60.7 Å². The zero-order valence-electron chi connectivity index (χ0n) is 14.4. The van der Waals surface area contributed by atoms with Crippen LogP contribution < -0.4 is 14.4 Å². The van der Waals surface area contributed by atoms with Gasteiger partial charge in [0.05, 0.1) is 6.04 Å². The van der Waals surface area contributed by atoms with E-state index in [1.165, 1.54) is 5.56 Å². The van der Waals surface area contributed by atoms with E-state index in [2.05, 4.69) is 34.1 Å². The number of imidazole rings is 1. The van der Waals surface area contributed by atoms with E-state index in [-0.39, 0.29) is 0 Å². The van der Waals surface area contributed by atoms with Crippen LogP contribution in [0.4, 0.5) is 5.82 Å². The Morgan fingerprint density at radius 1 is 1.00 bits per heavy atom. The number of ether oxygens (including phenoxy) is 2. The zero-order chi connectivity index (χ0) is 17.3. The average molecular weight is 348 g/mol. The summed E-state index contributed by atoms with van der Waals surface area (Å²) in [6.07, 6.45) is 7.71. The third-order valence-corrected chi connectivity index (χ3v) is 4.99. The summed E-state index contributed by atoms with van der Waals surface area (Å²) in [5.41, 5.74) is 1.25. The molecule has 5 rings (SSSR count). The molecule has 1 saturated heterocycles. The lowest BCUT2D eigenvalue weighted by Gasteiger charge is -2.27. The molecule has 6 nitrogen and oxygen atoms in total. The lowest BCUT2D eigenvalue weighted by atomic mass is 10.0. The first-order chi connectivity index (χ1) is 12.9. The van der Waals surface area contributed by atoms with Gasteiger partial charge in [-0.1, -0.05) is 12.1 Å². The van der Waals surface area contributed by atoms with Crippen LogP contribution in [0, 0.1) is 0 Å². The number of aromatic nitrogens is 3. The molecule has 26 heavy (non-hydrogen) atoms. The van der Waals surface area contributed by atoms with Crippen molar-refractivity contribution in [2.75, 3.05) is 24.7 Å². The zero-order valence-corrected chi connectivity index (χ0v) is 14.4. The van der Waals surface area contributed by atoms with Crippen LogP contribution in [0.15, 0.2) is 55.1 Å². The second kappa shape index (κ2) is 6.37. The van der Waals surface area contributed by atoms with E-state index >= 15 is 0 Å². The molecular weight excluding hydrogens is 328 g/mol. The summed E-state index contributed by atoms with van der Waals surface area (Å²) in [4.78, 5) is 11.3. The largest absolute Gasteiger partial charge is 0.486 e. The summed E-state index contributed by atoms with van der Waals surface area (Å²) in [7, 11) is 0. The SMILES string of the molecule is c1cc(N2CCCC2c2ccc3c(c2)OCCO3)nc(-n2ccnc2)c1. The Hall–Kier alpha value is -3.02. The van der Waals surface area contributed by atoms with E-state index in [4.69, 9.17) is 14.5 Å². The molecule has 3 aromatic rings. The van der Waals surface area contributed by atoms with Crippen LogP contribution in [0.2, 0.25) is 0 Å². The topological polar surface area (TPSA) is 52.4 Å². The fraction of sp³-hybridized carbons (Fsp3) is 0.300. The molecule has 0 radical (unpaired) electrons. The van der Waals surface area contributed by atoms with Gasteiger partial charge in [-0.3, -0.25) is 4.57 Å². The Balaban J connectivity index is 1.47. The maximum atomic E-state index is 5.76. The summed E-state index contributed by atoms with van der Waals surface area (Å²) in [6.45, 7) is 2.23. The van der Waals surface area contributed by atoms with E-state index in [1.807, 2.05) is 22.9 Å². The van der Waals surface area contributed by atoms with Crippen molar-refractivity contribution in [2.45, 2.75) is 18.9 Å². The minimum Gasteiger partial charge on any atom is -0.486 e. The molecule has 2 aliphatic heterocycles. The van der Waals surface area contributed by atoms with Crippen LogP contribution in [0.1, 0.15) is 24.4 Å². The van der Waals surface area contributed by atoms with Crippen molar-refractivity contribution < 1.29 is 9.47 Å². The monoisotopic (exact) mass is 348 g/mol. The fourth-order valence-electron chi connectivity index (χ4n) is 3.77. The van der Waals surface area contributed by atoms with Crippen LogP contribution in [0.25, 0.3) is 5.82 Å². The number of fused-ring (bicyclic) bond motifs is 1. The average Bonchev–Trinajstić information content (AvgIpc) is 3.40. The van der Waals surface area contributed by atoms with Gasteiger partial charge in [-0.15, -0.1) is 0 Å². The second-order valence-electron chi connectivity index (χ2n) is 6.58. The number of nitrogens with zero attached hydrogens (tertiary/aromatic N) is 4. The maximum Gasteiger partial charge on any atom is 0.161 e. The van der Waals surface area contributed by atoms with E-state index in [9.17, 15) is 0 Å². The normalized spacial score (nSPS) is 18.9. The first-order valence-corrected chi connectivity index (χ1v) is 9.00. The summed E-state index contributed by atoms with van der Waals surface area (Å²) < 4.78 is 13.3. The molecule has 6 heteroatoms. The summed E-state index contributed by atoms with van der Waals surface area (Å²) >= 11 is 0. The Labute approximate surface area is 152 Å². The molecule has 0 bridgehead atoms. The molecule has 0 amide bonds. The highest BCUT2D eigenvalue weighted by atomic mass is 16.6. The molecule has 2 aromatic heterocycles. The predicted molar refractivity (Wildman–Crippen MR) is 98.1 cm³/mol. The third-order valence-electron chi connectivity index (χ3n) is 4.99. The quantitative estimate of drug-likeness (QED) is 0.726. The molecule has 1 unspecified atom stereocenters. The van der Waals surface area contributed by atoms with Gasteiger partial charge in [0, 0.05) is 18.9 Å². The number of hydrogen-bond acceptors (Lipinski definition) is 5. The van der Waals surface area contributed by atoms with Gasteiger partial charge in [0.25, 0.3) is 0 Å². The number of rotatable bonds is 3. The van der Waals surface area contributed by atoms with Gasteiger partial charge in [-0.25, -0.2) is 9.97 Å². The van der Waals surface area contributed by atoms with Crippen molar-refractivity contribution in [1.29, 1.82) is 0 Å². The Kier molecular flexibility index (Phi) is 3.74. The highest BCUT2D eigenvalue weighted by molar-refractivity contribution is 5.50. The standard InChI is InChI=1S/C20H20N4O2/c1-4-19(23-10-8-21-14-23)22-20(5-1)24-9-2-3-16(24)15-6-7-17-18(13-15)26-12-11-25-17/h1,4-8,10,13-14,16H,2-3,9,11-12H2. The van der Waals surface area contributed by atoms with E-state index in [0.29, 0.717) is 19.3 Å². The van der Waals surface area contributed by atoms with Crippen molar-refractivity contribution >= 4 is 5.82 Å². The number of anilines is 1. The van der Waals surface area contributed by atoms with E-state index < -0.39 is 0 Å². The molecule has 2 aliphatic rings. The van der Waals surface area contributed by atoms with Gasteiger partial charge < -0.3 is 14.4 Å². The molecule has 0 aliphatic carbocycles. The summed E-state index contributed by atoms with van der Waals surface area (Å²) in [6, 6.07) is 12.7. The van der Waals surface area contributed by atoms with Gasteiger partial charge in [0.15, 0.2) is 11.5 Å². The Morgan fingerprint density at radius 3 is 2.77 bits per heavy atom. The lowest BCUT2D eigenvalue weighted by Crippen LogP contribution is -2.24.